The van der Waals surface area contributed by atoms with E-state index in [2.05, 4.69) is 15.9 Å². The van der Waals surface area contributed by atoms with Gasteiger partial charge in [0, 0.05) is 27.9 Å². The number of aliphatic hydroxyl groups is 1. The fourth-order valence-corrected chi connectivity index (χ4v) is 1.91. The minimum atomic E-state index is -1.75. The predicted octanol–water partition coefficient (Wildman–Crippen LogP) is 2.43. The molecule has 0 aliphatic carbocycles. The summed E-state index contributed by atoms with van der Waals surface area (Å²) >= 11 is 8.85. The number of carbonyl (C=O) groups excluding carboxylic acids is 1. The quantitative estimate of drug-likeness (QED) is 0.645. The van der Waals surface area contributed by atoms with Crippen molar-refractivity contribution >= 4 is 39.3 Å². The Labute approximate surface area is 111 Å². The zero-order valence-corrected chi connectivity index (χ0v) is 11.0. The van der Waals surface area contributed by atoms with Crippen molar-refractivity contribution in [3.05, 3.63) is 34.3 Å². The minimum absolute atomic E-state index is 0.0240. The summed E-state index contributed by atoms with van der Waals surface area (Å²) in [6, 6.07) is 4.21. The van der Waals surface area contributed by atoms with Crippen molar-refractivity contribution < 1.29 is 19.8 Å². The number of aliphatic hydroxyl groups excluding tert-OH is 1. The molecule has 0 bridgehead atoms. The molecule has 6 heteroatoms. The summed E-state index contributed by atoms with van der Waals surface area (Å²) in [5.74, 6) is -1.66. The van der Waals surface area contributed by atoms with Crippen molar-refractivity contribution in [2.24, 2.45) is 0 Å². The number of halogens is 2. The van der Waals surface area contributed by atoms with Crippen LogP contribution in [-0.4, -0.2) is 27.3 Å². The molecule has 1 aromatic rings. The number of hydrogen-bond acceptors (Lipinski definition) is 3. The number of benzene rings is 1. The molecule has 92 valence electrons. The first kappa shape index (κ1) is 14.2. The number of Topliss-reactive ketones (excluding diaryl/α,β-unsaturated/α-hetero) is 1. The molecule has 0 fully saturated rings. The van der Waals surface area contributed by atoms with Crippen LogP contribution in [0.3, 0.4) is 0 Å². The van der Waals surface area contributed by atoms with Crippen molar-refractivity contribution in [1.29, 1.82) is 0 Å². The zero-order chi connectivity index (χ0) is 13.0. The molecule has 0 saturated carbocycles. The van der Waals surface area contributed by atoms with Crippen LogP contribution in [0.1, 0.15) is 28.4 Å². The Hall–Kier alpha value is -0.910. The van der Waals surface area contributed by atoms with Gasteiger partial charge >= 0.3 is 5.97 Å². The van der Waals surface area contributed by atoms with Gasteiger partial charge in [0.05, 0.1) is 0 Å². The summed E-state index contributed by atoms with van der Waals surface area (Å²) in [6.07, 6.45) is -1.52. The predicted molar refractivity (Wildman–Crippen MR) is 66.8 cm³/mol. The van der Waals surface area contributed by atoms with E-state index in [1.807, 2.05) is 0 Å². The zero-order valence-electron chi connectivity index (χ0n) is 8.69. The molecule has 0 aliphatic heterocycles. The van der Waals surface area contributed by atoms with Gasteiger partial charge in [-0.25, -0.2) is 4.79 Å². The molecule has 17 heavy (non-hydrogen) atoms. The van der Waals surface area contributed by atoms with Crippen LogP contribution in [0.5, 0.6) is 0 Å². The fraction of sp³-hybridized carbons (Fsp3) is 0.273. The van der Waals surface area contributed by atoms with E-state index in [4.69, 9.17) is 16.7 Å². The monoisotopic (exact) mass is 320 g/mol. The average Bonchev–Trinajstić information content (AvgIpc) is 2.28. The van der Waals surface area contributed by atoms with E-state index in [1.54, 1.807) is 0 Å². The first-order valence-corrected chi connectivity index (χ1v) is 6.26. The van der Waals surface area contributed by atoms with Crippen molar-refractivity contribution in [3.63, 3.8) is 0 Å². The highest BCUT2D eigenvalue weighted by molar-refractivity contribution is 9.09. The van der Waals surface area contributed by atoms with Gasteiger partial charge in [-0.1, -0.05) is 27.5 Å². The summed E-state index contributed by atoms with van der Waals surface area (Å²) < 4.78 is 0. The van der Waals surface area contributed by atoms with Crippen molar-refractivity contribution in [3.8, 4) is 0 Å². The van der Waals surface area contributed by atoms with E-state index in [0.717, 1.165) is 0 Å². The van der Waals surface area contributed by atoms with Crippen LogP contribution in [-0.2, 0) is 4.79 Å². The number of alkyl halides is 1. The second-order valence-electron chi connectivity index (χ2n) is 3.33. The largest absolute Gasteiger partial charge is 0.479 e. The van der Waals surface area contributed by atoms with Crippen LogP contribution in [0.25, 0.3) is 0 Å². The van der Waals surface area contributed by atoms with Crippen LogP contribution < -0.4 is 0 Å². The number of rotatable bonds is 5. The Morgan fingerprint density at radius 3 is 2.59 bits per heavy atom. The van der Waals surface area contributed by atoms with Gasteiger partial charge in [-0.15, -0.1) is 0 Å². The highest BCUT2D eigenvalue weighted by atomic mass is 79.9. The van der Waals surface area contributed by atoms with Gasteiger partial charge in [0.25, 0.3) is 0 Å². The second-order valence-corrected chi connectivity index (χ2v) is 4.56. The third-order valence-electron chi connectivity index (χ3n) is 2.16. The highest BCUT2D eigenvalue weighted by Crippen LogP contribution is 2.24. The van der Waals surface area contributed by atoms with Gasteiger partial charge in [0.1, 0.15) is 0 Å². The normalized spacial score (nSPS) is 12.2. The van der Waals surface area contributed by atoms with E-state index >= 15 is 0 Å². The second kappa shape index (κ2) is 6.14. The topological polar surface area (TPSA) is 74.6 Å². The standard InChI is InChI=1S/C11H10BrClO4/c12-4-3-9(14)7-2-1-6(13)5-8(7)10(15)11(16)17/h1-2,5,10,15H,3-4H2,(H,16,17). The lowest BCUT2D eigenvalue weighted by Crippen LogP contribution is -2.15. The molecule has 1 atom stereocenters. The van der Waals surface area contributed by atoms with E-state index in [9.17, 15) is 14.7 Å². The molecule has 0 spiro atoms. The Morgan fingerprint density at radius 1 is 1.41 bits per heavy atom. The number of carboxylic acid groups (broad SMARTS) is 1. The molecular weight excluding hydrogens is 311 g/mol. The SMILES string of the molecule is O=C(CCBr)c1ccc(Cl)cc1C(O)C(=O)O. The van der Waals surface area contributed by atoms with Gasteiger partial charge in [-0.2, -0.15) is 0 Å². The fourth-order valence-electron chi connectivity index (χ4n) is 1.37. The molecular formula is C11H10BrClO4. The molecule has 0 aromatic heterocycles. The van der Waals surface area contributed by atoms with E-state index in [1.165, 1.54) is 18.2 Å². The van der Waals surface area contributed by atoms with Gasteiger partial charge in [-0.05, 0) is 18.2 Å². The lowest BCUT2D eigenvalue weighted by molar-refractivity contribution is -0.146. The molecule has 0 aliphatic rings. The van der Waals surface area contributed by atoms with E-state index in [0.29, 0.717) is 5.33 Å². The molecule has 2 N–H and O–H groups in total. The van der Waals surface area contributed by atoms with Crippen molar-refractivity contribution in [1.82, 2.24) is 0 Å². The third kappa shape index (κ3) is 3.52. The Bertz CT molecular complexity index is 447. The Balaban J connectivity index is 3.21. The van der Waals surface area contributed by atoms with Crippen LogP contribution >= 0.6 is 27.5 Å². The first-order chi connectivity index (χ1) is 7.97. The van der Waals surface area contributed by atoms with Crippen LogP contribution in [0, 0.1) is 0 Å². The molecule has 4 nitrogen and oxygen atoms in total. The summed E-state index contributed by atoms with van der Waals surface area (Å²) in [4.78, 5) is 22.5. The first-order valence-electron chi connectivity index (χ1n) is 4.77. The molecule has 1 rings (SSSR count). The van der Waals surface area contributed by atoms with Crippen molar-refractivity contribution in [2.45, 2.75) is 12.5 Å². The Kier molecular flexibility index (Phi) is 5.11. The van der Waals surface area contributed by atoms with Gasteiger partial charge in [-0.3, -0.25) is 4.79 Å². The van der Waals surface area contributed by atoms with E-state index < -0.39 is 12.1 Å². The highest BCUT2D eigenvalue weighted by Gasteiger charge is 2.22. The summed E-state index contributed by atoms with van der Waals surface area (Å²) in [5, 5.41) is 19.0. The molecule has 0 amide bonds. The average molecular weight is 322 g/mol. The van der Waals surface area contributed by atoms with Crippen LogP contribution in [0.15, 0.2) is 18.2 Å². The number of hydrogen-bond donors (Lipinski definition) is 2. The van der Waals surface area contributed by atoms with E-state index in [-0.39, 0.29) is 28.4 Å². The number of carbonyl (C=O) groups is 2. The number of ketones is 1. The minimum Gasteiger partial charge on any atom is -0.479 e. The summed E-state index contributed by atoms with van der Waals surface area (Å²) in [5.41, 5.74) is 0.208. The lowest BCUT2D eigenvalue weighted by Gasteiger charge is -2.11. The Morgan fingerprint density at radius 2 is 2.06 bits per heavy atom. The van der Waals surface area contributed by atoms with Gasteiger partial charge in [0.2, 0.25) is 0 Å². The van der Waals surface area contributed by atoms with Gasteiger partial charge < -0.3 is 10.2 Å². The van der Waals surface area contributed by atoms with Crippen molar-refractivity contribution in [2.75, 3.05) is 5.33 Å². The molecule has 1 unspecified atom stereocenters. The molecule has 1 aromatic carbocycles. The number of carboxylic acids is 1. The third-order valence-corrected chi connectivity index (χ3v) is 2.80. The maximum absolute atomic E-state index is 11.7. The summed E-state index contributed by atoms with van der Waals surface area (Å²) in [7, 11) is 0. The lowest BCUT2D eigenvalue weighted by atomic mass is 9.98. The van der Waals surface area contributed by atoms with Crippen LogP contribution in [0.4, 0.5) is 0 Å². The number of aliphatic carboxylic acids is 1. The molecule has 0 radical (unpaired) electrons. The van der Waals surface area contributed by atoms with Gasteiger partial charge in [0.15, 0.2) is 11.9 Å². The maximum Gasteiger partial charge on any atom is 0.337 e. The summed E-state index contributed by atoms with van der Waals surface area (Å²) in [6.45, 7) is 0. The van der Waals surface area contributed by atoms with Crippen LogP contribution in [0.2, 0.25) is 5.02 Å². The maximum atomic E-state index is 11.7. The molecule has 0 heterocycles. The smallest absolute Gasteiger partial charge is 0.337 e. The molecule has 0 saturated heterocycles.